The Hall–Kier alpha value is 0.274. The van der Waals surface area contributed by atoms with Gasteiger partial charge in [0.05, 0.1) is 0 Å². The molecule has 0 fully saturated rings. The highest BCUT2D eigenvalue weighted by Crippen LogP contribution is 2.13. The fourth-order valence-corrected chi connectivity index (χ4v) is 2.76. The highest BCUT2D eigenvalue weighted by atomic mass is 28.4. The van der Waals surface area contributed by atoms with Crippen LogP contribution in [-0.4, -0.2) is 54.7 Å². The third-order valence-electron chi connectivity index (χ3n) is 1.84. The van der Waals surface area contributed by atoms with Crippen LogP contribution in [0.2, 0.25) is 6.04 Å². The largest absolute Gasteiger partial charge is 0.500 e. The highest BCUT2D eigenvalue weighted by molar-refractivity contribution is 6.60. The summed E-state index contributed by atoms with van der Waals surface area (Å²) in [6, 6.07) is 0.858. The molecule has 6 heteroatoms. The molecule has 0 unspecified atom stereocenters. The third-order valence-corrected chi connectivity index (χ3v) is 4.67. The van der Waals surface area contributed by atoms with Gasteiger partial charge in [0, 0.05) is 27.4 Å². The SMILES string of the molecule is CNCCC[Si](OC)(OC)OC.[SiH4]. The van der Waals surface area contributed by atoms with Gasteiger partial charge in [-0.05, 0) is 31.0 Å². The zero-order chi connectivity index (χ0) is 9.45. The molecule has 0 spiro atoms. The smallest absolute Gasteiger partial charge is 0.377 e. The van der Waals surface area contributed by atoms with Gasteiger partial charge < -0.3 is 18.6 Å². The van der Waals surface area contributed by atoms with Crippen LogP contribution >= 0.6 is 0 Å². The van der Waals surface area contributed by atoms with Crippen molar-refractivity contribution < 1.29 is 13.3 Å². The van der Waals surface area contributed by atoms with E-state index in [0.29, 0.717) is 0 Å². The summed E-state index contributed by atoms with van der Waals surface area (Å²) in [6.45, 7) is 0.963. The van der Waals surface area contributed by atoms with E-state index in [-0.39, 0.29) is 11.0 Å². The Labute approximate surface area is 86.3 Å². The molecule has 1 N–H and O–H groups in total. The van der Waals surface area contributed by atoms with E-state index in [1.807, 2.05) is 7.05 Å². The lowest BCUT2D eigenvalue weighted by molar-refractivity contribution is 0.123. The Balaban J connectivity index is 0. The summed E-state index contributed by atoms with van der Waals surface area (Å²) in [6.07, 6.45) is 1.01. The van der Waals surface area contributed by atoms with Gasteiger partial charge in [-0.25, -0.2) is 0 Å². The maximum Gasteiger partial charge on any atom is 0.500 e. The Bertz CT molecular complexity index is 104. The molecule has 0 rings (SSSR count). The third kappa shape index (κ3) is 5.55. The second-order valence-electron chi connectivity index (χ2n) is 2.50. The lowest BCUT2D eigenvalue weighted by Gasteiger charge is -2.24. The summed E-state index contributed by atoms with van der Waals surface area (Å²) in [7, 11) is 4.54. The number of hydrogen-bond donors (Lipinski definition) is 1. The zero-order valence-electron chi connectivity index (χ0n) is 8.35. The van der Waals surface area contributed by atoms with Gasteiger partial charge in [-0.15, -0.1) is 0 Å². The Kier molecular flexibility index (Phi) is 10.7. The molecule has 0 bridgehead atoms. The van der Waals surface area contributed by atoms with Crippen molar-refractivity contribution in [3.63, 3.8) is 0 Å². The Morgan fingerprint density at radius 1 is 1.08 bits per heavy atom. The number of rotatable bonds is 7. The summed E-state index contributed by atoms with van der Waals surface area (Å²) in [5.41, 5.74) is 0. The first kappa shape index (κ1) is 15.7. The van der Waals surface area contributed by atoms with Crippen LogP contribution in [0.5, 0.6) is 0 Å². The van der Waals surface area contributed by atoms with E-state index in [4.69, 9.17) is 13.3 Å². The van der Waals surface area contributed by atoms with E-state index in [9.17, 15) is 0 Å². The first-order valence-corrected chi connectivity index (χ1v) is 5.98. The van der Waals surface area contributed by atoms with Crippen LogP contribution in [0.4, 0.5) is 0 Å². The van der Waals surface area contributed by atoms with Crippen molar-refractivity contribution in [2.75, 3.05) is 34.9 Å². The molecule has 0 atom stereocenters. The van der Waals surface area contributed by atoms with Crippen molar-refractivity contribution in [1.29, 1.82) is 0 Å². The second-order valence-corrected chi connectivity index (χ2v) is 5.59. The van der Waals surface area contributed by atoms with Crippen LogP contribution in [0.15, 0.2) is 0 Å². The maximum absolute atomic E-state index is 5.25. The molecular weight excluding hydrogens is 202 g/mol. The van der Waals surface area contributed by atoms with Crippen LogP contribution in [0.25, 0.3) is 0 Å². The maximum atomic E-state index is 5.25. The van der Waals surface area contributed by atoms with Crippen molar-refractivity contribution in [2.45, 2.75) is 12.5 Å². The van der Waals surface area contributed by atoms with Crippen molar-refractivity contribution in [2.24, 2.45) is 0 Å². The molecule has 0 aliphatic carbocycles. The predicted octanol–water partition coefficient (Wildman–Crippen LogP) is -0.978. The van der Waals surface area contributed by atoms with Crippen LogP contribution < -0.4 is 5.32 Å². The van der Waals surface area contributed by atoms with Gasteiger partial charge in [0.15, 0.2) is 0 Å². The molecule has 0 aliphatic rings. The summed E-state index contributed by atoms with van der Waals surface area (Å²) in [4.78, 5) is 0. The standard InChI is InChI=1S/C7H19NO3Si.H4Si/c1-8-6-5-7-12(9-2,10-3)11-4;/h8H,5-7H2,1-4H3;1H4. The van der Waals surface area contributed by atoms with Gasteiger partial charge in [-0.3, -0.25) is 0 Å². The van der Waals surface area contributed by atoms with Gasteiger partial charge in [-0.2, -0.15) is 0 Å². The van der Waals surface area contributed by atoms with E-state index in [2.05, 4.69) is 5.32 Å². The summed E-state index contributed by atoms with van der Waals surface area (Å²) < 4.78 is 15.7. The number of hydrogen-bond acceptors (Lipinski definition) is 4. The van der Waals surface area contributed by atoms with E-state index in [1.165, 1.54) is 0 Å². The van der Waals surface area contributed by atoms with Gasteiger partial charge in [0.2, 0.25) is 0 Å². The van der Waals surface area contributed by atoms with Crippen LogP contribution in [-0.2, 0) is 13.3 Å². The molecule has 0 aromatic carbocycles. The fraction of sp³-hybridized carbons (Fsp3) is 1.00. The molecule has 0 saturated carbocycles. The molecule has 4 nitrogen and oxygen atoms in total. The first-order valence-electron chi connectivity index (χ1n) is 4.04. The molecule has 0 heterocycles. The fourth-order valence-electron chi connectivity index (χ4n) is 1.04. The topological polar surface area (TPSA) is 39.7 Å². The van der Waals surface area contributed by atoms with Crippen LogP contribution in [0, 0.1) is 0 Å². The van der Waals surface area contributed by atoms with Crippen LogP contribution in [0.3, 0.4) is 0 Å². The van der Waals surface area contributed by atoms with Crippen molar-refractivity contribution in [1.82, 2.24) is 5.32 Å². The minimum Gasteiger partial charge on any atom is -0.377 e. The van der Waals surface area contributed by atoms with E-state index in [1.54, 1.807) is 21.3 Å². The minimum atomic E-state index is -2.29. The molecule has 0 aliphatic heterocycles. The van der Waals surface area contributed by atoms with E-state index in [0.717, 1.165) is 19.0 Å². The molecule has 0 aromatic heterocycles. The normalized spacial score (nSPS) is 11.1. The van der Waals surface area contributed by atoms with Gasteiger partial charge in [0.1, 0.15) is 0 Å². The van der Waals surface area contributed by atoms with E-state index < -0.39 is 8.80 Å². The average molecular weight is 225 g/mol. The quantitative estimate of drug-likeness (QED) is 0.447. The molecule has 0 saturated heterocycles. The van der Waals surface area contributed by atoms with Crippen molar-refractivity contribution in [3.8, 4) is 0 Å². The summed E-state index contributed by atoms with van der Waals surface area (Å²) >= 11 is 0. The van der Waals surface area contributed by atoms with Gasteiger partial charge in [0.25, 0.3) is 0 Å². The molecule has 82 valence electrons. The van der Waals surface area contributed by atoms with Crippen molar-refractivity contribution in [3.05, 3.63) is 0 Å². The molecule has 0 aromatic rings. The Morgan fingerprint density at radius 3 is 1.85 bits per heavy atom. The monoisotopic (exact) mass is 225 g/mol. The molecule has 0 radical (unpaired) electrons. The zero-order valence-corrected chi connectivity index (χ0v) is 9.35. The van der Waals surface area contributed by atoms with Gasteiger partial charge >= 0.3 is 8.80 Å². The summed E-state index contributed by atoms with van der Waals surface area (Å²) in [5.74, 6) is 0. The number of nitrogens with one attached hydrogen (secondary N) is 1. The Morgan fingerprint density at radius 2 is 1.54 bits per heavy atom. The molecular formula is C7H23NO3Si2. The molecule has 0 amide bonds. The first-order chi connectivity index (χ1) is 5.74. The predicted molar refractivity (Wildman–Crippen MR) is 61.5 cm³/mol. The lowest BCUT2D eigenvalue weighted by Crippen LogP contribution is -2.43. The average Bonchev–Trinajstić information content (AvgIpc) is 2.14. The van der Waals surface area contributed by atoms with E-state index >= 15 is 0 Å². The van der Waals surface area contributed by atoms with Gasteiger partial charge in [-0.1, -0.05) is 0 Å². The second kappa shape index (κ2) is 8.85. The lowest BCUT2D eigenvalue weighted by atomic mass is 10.5. The summed E-state index contributed by atoms with van der Waals surface area (Å²) in [5, 5.41) is 3.07. The minimum absolute atomic E-state index is 0. The molecule has 13 heavy (non-hydrogen) atoms. The van der Waals surface area contributed by atoms with Crippen LogP contribution in [0.1, 0.15) is 6.42 Å². The highest BCUT2D eigenvalue weighted by Gasteiger charge is 2.36. The van der Waals surface area contributed by atoms with Crippen molar-refractivity contribution >= 4 is 19.8 Å².